The van der Waals surface area contributed by atoms with E-state index in [9.17, 15) is 57.5 Å². The van der Waals surface area contributed by atoms with E-state index in [-0.39, 0.29) is 0 Å². The van der Waals surface area contributed by atoms with Gasteiger partial charge in [0.05, 0.1) is 0 Å². The number of ether oxygens (including phenoxy) is 1. The number of rotatable bonds is 2. The topological polar surface area (TPSA) is 26.3 Å². The second-order valence-electron chi connectivity index (χ2n) is 6.97. The highest BCUT2D eigenvalue weighted by molar-refractivity contribution is 5.87. The average Bonchev–Trinajstić information content (AvgIpc) is 2.58. The van der Waals surface area contributed by atoms with Crippen LogP contribution in [0.5, 0.6) is 0 Å². The van der Waals surface area contributed by atoms with Crippen LogP contribution in [-0.4, -0.2) is 64.9 Å². The van der Waals surface area contributed by atoms with Crippen LogP contribution in [0.25, 0.3) is 0 Å². The summed E-state index contributed by atoms with van der Waals surface area (Å²) in [6.07, 6.45) is -14.9. The van der Waals surface area contributed by atoms with Gasteiger partial charge in [0.1, 0.15) is 0 Å². The SMILES string of the molecule is C=C(C)C(=O)OC12C(F)C3(F)C(F)(F)C(F)(C1F)C(F)(F)C(F)(C2F)C3(F)F. The van der Waals surface area contributed by atoms with E-state index in [2.05, 4.69) is 11.3 Å². The molecular formula is C14H8F12O2. The van der Waals surface area contributed by atoms with E-state index in [1.165, 1.54) is 0 Å². The van der Waals surface area contributed by atoms with E-state index in [1.807, 2.05) is 0 Å². The van der Waals surface area contributed by atoms with Crippen LogP contribution < -0.4 is 0 Å². The molecule has 0 aromatic rings. The van der Waals surface area contributed by atoms with Crippen molar-refractivity contribution in [2.24, 2.45) is 0 Å². The van der Waals surface area contributed by atoms with Crippen LogP contribution in [0.2, 0.25) is 0 Å². The Kier molecular flexibility index (Phi) is 3.57. The Morgan fingerprint density at radius 1 is 0.714 bits per heavy atom. The molecule has 4 saturated carbocycles. The molecule has 0 spiro atoms. The first-order valence-electron chi connectivity index (χ1n) is 7.30. The molecule has 4 bridgehead atoms. The maximum atomic E-state index is 14.7. The quantitative estimate of drug-likeness (QED) is 0.373. The molecule has 28 heavy (non-hydrogen) atoms. The number of hydrogen-bond acceptors (Lipinski definition) is 2. The molecule has 0 aliphatic heterocycles. The maximum absolute atomic E-state index is 14.7. The van der Waals surface area contributed by atoms with Gasteiger partial charge in [-0.2, -0.15) is 26.3 Å². The van der Waals surface area contributed by atoms with Gasteiger partial charge >= 0.3 is 23.7 Å². The highest BCUT2D eigenvalue weighted by atomic mass is 19.3. The van der Waals surface area contributed by atoms with E-state index >= 15 is 0 Å². The average molecular weight is 436 g/mol. The van der Waals surface area contributed by atoms with Crippen molar-refractivity contribution >= 4 is 5.97 Å². The predicted molar refractivity (Wildman–Crippen MR) is 64.7 cm³/mol. The van der Waals surface area contributed by atoms with Crippen LogP contribution in [0.15, 0.2) is 12.2 Å². The molecule has 0 aromatic heterocycles. The van der Waals surface area contributed by atoms with Gasteiger partial charge in [-0.3, -0.25) is 0 Å². The summed E-state index contributed by atoms with van der Waals surface area (Å²) in [7, 11) is 0. The number of carbonyl (C=O) groups is 1. The third kappa shape index (κ3) is 1.40. The Morgan fingerprint density at radius 3 is 1.18 bits per heavy atom. The summed E-state index contributed by atoms with van der Waals surface area (Å²) in [6.45, 7) is 3.48. The van der Waals surface area contributed by atoms with E-state index in [1.54, 1.807) is 0 Å². The van der Waals surface area contributed by atoms with E-state index in [0.29, 0.717) is 6.92 Å². The zero-order chi connectivity index (χ0) is 22.1. The summed E-state index contributed by atoms with van der Waals surface area (Å²) in [5.74, 6) is -22.9. The lowest BCUT2D eigenvalue weighted by molar-refractivity contribution is -0.526. The zero-order valence-electron chi connectivity index (χ0n) is 13.3. The molecule has 4 fully saturated rings. The van der Waals surface area contributed by atoms with Gasteiger partial charge in [0.2, 0.25) is 5.60 Å². The number of hydrogen-bond donors (Lipinski definition) is 0. The lowest BCUT2D eigenvalue weighted by Crippen LogP contribution is -3.03. The molecule has 160 valence electrons. The Morgan fingerprint density at radius 2 is 0.964 bits per heavy atom. The molecule has 3 unspecified atom stereocenters. The number of esters is 1. The molecule has 0 heterocycles. The fourth-order valence-electron chi connectivity index (χ4n) is 4.06. The van der Waals surface area contributed by atoms with Gasteiger partial charge in [0.25, 0.3) is 17.0 Å². The molecule has 2 nitrogen and oxygen atoms in total. The molecular weight excluding hydrogens is 428 g/mol. The van der Waals surface area contributed by atoms with Gasteiger partial charge in [-0.1, -0.05) is 6.58 Å². The minimum Gasteiger partial charge on any atom is -0.446 e. The molecule has 0 aromatic carbocycles. The van der Waals surface area contributed by atoms with Crippen molar-refractivity contribution in [2.45, 2.75) is 65.8 Å². The summed E-state index contributed by atoms with van der Waals surface area (Å²) in [5.41, 5.74) is -25.5. The third-order valence-corrected chi connectivity index (χ3v) is 5.60. The second kappa shape index (κ2) is 4.74. The van der Waals surface area contributed by atoms with Crippen LogP contribution in [0.4, 0.5) is 52.7 Å². The summed E-state index contributed by atoms with van der Waals surface area (Å²) in [6, 6.07) is 0. The predicted octanol–water partition coefficient (Wildman–Crippen LogP) is 3.93. The summed E-state index contributed by atoms with van der Waals surface area (Å²) in [4.78, 5) is 11.5. The molecule has 4 aliphatic rings. The summed E-state index contributed by atoms with van der Waals surface area (Å²) in [5, 5.41) is 0. The van der Waals surface area contributed by atoms with Crippen molar-refractivity contribution in [3.8, 4) is 0 Å². The van der Waals surface area contributed by atoms with Crippen molar-refractivity contribution in [3.05, 3.63) is 12.2 Å². The first kappa shape index (κ1) is 21.1. The number of carbonyl (C=O) groups excluding carboxylic acids is 1. The van der Waals surface area contributed by atoms with Crippen molar-refractivity contribution in [2.75, 3.05) is 0 Å². The van der Waals surface area contributed by atoms with Gasteiger partial charge in [-0.05, 0) is 6.92 Å². The third-order valence-electron chi connectivity index (χ3n) is 5.60. The Hall–Kier alpha value is -1.63. The molecule has 0 N–H and O–H groups in total. The smallest absolute Gasteiger partial charge is 0.333 e. The first-order chi connectivity index (χ1) is 12.3. The Bertz CT molecular complexity index is 679. The normalized spacial score (nSPS) is 52.4. The molecule has 0 amide bonds. The Balaban J connectivity index is 2.47. The van der Waals surface area contributed by atoms with Gasteiger partial charge in [0.15, 0.2) is 18.5 Å². The fraction of sp³-hybridized carbons (Fsp3) is 0.786. The van der Waals surface area contributed by atoms with Crippen molar-refractivity contribution in [1.29, 1.82) is 0 Å². The summed E-state index contributed by atoms with van der Waals surface area (Å²) < 4.78 is 176. The van der Waals surface area contributed by atoms with Crippen LogP contribution in [0.3, 0.4) is 0 Å². The maximum Gasteiger partial charge on any atom is 0.333 e. The van der Waals surface area contributed by atoms with Crippen LogP contribution in [0.1, 0.15) is 6.92 Å². The molecule has 0 radical (unpaired) electrons. The lowest BCUT2D eigenvalue weighted by atomic mass is 9.42. The molecule has 0 saturated heterocycles. The van der Waals surface area contributed by atoms with Crippen molar-refractivity contribution in [3.63, 3.8) is 0 Å². The van der Waals surface area contributed by atoms with Crippen LogP contribution in [-0.2, 0) is 9.53 Å². The standard InChI is InChI=1S/C14H8F12O2/c1-3(2)4(27)28-8-5(15)9(18)12(21,22)10(19,6(8)16)14(25,26)11(20,7(8)17)13(9,23)24/h5-7H,1H2,2H3. The van der Waals surface area contributed by atoms with Crippen LogP contribution in [0, 0.1) is 0 Å². The first-order valence-corrected chi connectivity index (χ1v) is 7.30. The van der Waals surface area contributed by atoms with Crippen molar-refractivity contribution < 1.29 is 62.2 Å². The summed E-state index contributed by atoms with van der Waals surface area (Å²) >= 11 is 0. The van der Waals surface area contributed by atoms with E-state index in [4.69, 9.17) is 0 Å². The minimum atomic E-state index is -6.90. The van der Waals surface area contributed by atoms with Gasteiger partial charge in [-0.25, -0.2) is 31.1 Å². The highest BCUT2D eigenvalue weighted by Gasteiger charge is 3.12. The molecule has 14 heteroatoms. The monoisotopic (exact) mass is 436 g/mol. The second-order valence-corrected chi connectivity index (χ2v) is 6.97. The van der Waals surface area contributed by atoms with Crippen LogP contribution >= 0.6 is 0 Å². The fourth-order valence-corrected chi connectivity index (χ4v) is 4.06. The van der Waals surface area contributed by atoms with Gasteiger partial charge in [-0.15, -0.1) is 0 Å². The zero-order valence-corrected chi connectivity index (χ0v) is 13.3. The van der Waals surface area contributed by atoms with E-state index in [0.717, 1.165) is 0 Å². The van der Waals surface area contributed by atoms with Gasteiger partial charge < -0.3 is 4.74 Å². The largest absolute Gasteiger partial charge is 0.446 e. The molecule has 3 atom stereocenters. The van der Waals surface area contributed by atoms with E-state index < -0.39 is 70.4 Å². The van der Waals surface area contributed by atoms with Gasteiger partial charge in [0, 0.05) is 5.57 Å². The van der Waals surface area contributed by atoms with Crippen molar-refractivity contribution in [1.82, 2.24) is 0 Å². The number of alkyl halides is 12. The Labute approximate surface area is 147 Å². The molecule has 4 aliphatic carbocycles. The number of halogens is 12. The highest BCUT2D eigenvalue weighted by Crippen LogP contribution is 2.80. The molecule has 4 rings (SSSR count). The minimum absolute atomic E-state index is 0.677. The lowest BCUT2D eigenvalue weighted by Gasteiger charge is -2.71.